The first kappa shape index (κ1) is 23.0. The lowest BCUT2D eigenvalue weighted by atomic mass is 9.95. The minimum absolute atomic E-state index is 0.0208. The number of aryl methyl sites for hydroxylation is 1. The molecule has 1 aliphatic rings. The lowest BCUT2D eigenvalue weighted by Gasteiger charge is -2.35. The molecule has 0 saturated carbocycles. The molecule has 1 heterocycles. The summed E-state index contributed by atoms with van der Waals surface area (Å²) in [6.07, 6.45) is -4.46. The maximum atomic E-state index is 13.5. The number of fused-ring (bicyclic) bond motifs is 1. The maximum Gasteiger partial charge on any atom is 0.416 e. The van der Waals surface area contributed by atoms with Crippen LogP contribution in [0, 0.1) is 6.92 Å². The number of halogens is 3. The number of carbonyl (C=O) groups excluding carboxylic acids is 1. The summed E-state index contributed by atoms with van der Waals surface area (Å²) < 4.78 is 67.2. The zero-order valence-corrected chi connectivity index (χ0v) is 18.5. The molecule has 5 nitrogen and oxygen atoms in total. The Balaban J connectivity index is 1.69. The van der Waals surface area contributed by atoms with Crippen LogP contribution < -0.4 is 5.32 Å². The van der Waals surface area contributed by atoms with Crippen LogP contribution in [0.25, 0.3) is 0 Å². The van der Waals surface area contributed by atoms with Gasteiger partial charge in [0.2, 0.25) is 15.9 Å². The van der Waals surface area contributed by atoms with Crippen LogP contribution in [0.4, 0.5) is 18.9 Å². The number of rotatable bonds is 4. The van der Waals surface area contributed by atoms with Gasteiger partial charge in [-0.2, -0.15) is 17.5 Å². The summed E-state index contributed by atoms with van der Waals surface area (Å²) >= 11 is 0. The van der Waals surface area contributed by atoms with Gasteiger partial charge in [-0.1, -0.05) is 48.0 Å². The van der Waals surface area contributed by atoms with Crippen LogP contribution in [0.2, 0.25) is 0 Å². The van der Waals surface area contributed by atoms with Crippen molar-refractivity contribution in [3.05, 3.63) is 95.1 Å². The Kier molecular flexibility index (Phi) is 6.02. The molecule has 1 N–H and O–H groups in total. The van der Waals surface area contributed by atoms with Crippen molar-refractivity contribution in [2.24, 2.45) is 0 Å². The summed E-state index contributed by atoms with van der Waals surface area (Å²) in [5, 5.41) is 2.47. The molecule has 33 heavy (non-hydrogen) atoms. The van der Waals surface area contributed by atoms with Gasteiger partial charge in [-0.3, -0.25) is 4.79 Å². The average molecular weight is 475 g/mol. The van der Waals surface area contributed by atoms with E-state index in [1.807, 2.05) is 13.0 Å². The van der Waals surface area contributed by atoms with Gasteiger partial charge in [0.25, 0.3) is 0 Å². The molecule has 1 unspecified atom stereocenters. The summed E-state index contributed by atoms with van der Waals surface area (Å²) in [6.45, 7) is 1.81. The van der Waals surface area contributed by atoms with Crippen LogP contribution in [-0.4, -0.2) is 24.7 Å². The van der Waals surface area contributed by atoms with Gasteiger partial charge in [0.15, 0.2) is 0 Å². The first-order valence-electron chi connectivity index (χ1n) is 10.2. The van der Waals surface area contributed by atoms with Gasteiger partial charge in [0.05, 0.1) is 10.5 Å². The monoisotopic (exact) mass is 474 g/mol. The highest BCUT2D eigenvalue weighted by Gasteiger charge is 2.40. The Morgan fingerprint density at radius 3 is 2.30 bits per heavy atom. The molecular formula is C24H21F3N2O3S. The largest absolute Gasteiger partial charge is 0.416 e. The van der Waals surface area contributed by atoms with Crippen molar-refractivity contribution in [2.45, 2.75) is 37.0 Å². The fraction of sp³-hybridized carbons (Fsp3) is 0.208. The Bertz CT molecular complexity index is 1290. The van der Waals surface area contributed by atoms with Gasteiger partial charge in [-0.15, -0.1) is 0 Å². The fourth-order valence-electron chi connectivity index (χ4n) is 3.82. The Labute approximate surface area is 189 Å². The molecule has 1 aliphatic heterocycles. The van der Waals surface area contributed by atoms with Crippen molar-refractivity contribution in [3.8, 4) is 0 Å². The molecule has 0 saturated heterocycles. The van der Waals surface area contributed by atoms with E-state index in [1.54, 1.807) is 30.3 Å². The Morgan fingerprint density at radius 2 is 1.64 bits per heavy atom. The Morgan fingerprint density at radius 1 is 0.970 bits per heavy atom. The van der Waals surface area contributed by atoms with Crippen LogP contribution in [0.1, 0.15) is 22.3 Å². The lowest BCUT2D eigenvalue weighted by Crippen LogP contribution is -2.50. The number of hydrogen-bond acceptors (Lipinski definition) is 3. The van der Waals surface area contributed by atoms with E-state index in [9.17, 15) is 26.4 Å². The number of nitrogens with one attached hydrogen (secondary N) is 1. The molecule has 4 rings (SSSR count). The van der Waals surface area contributed by atoms with Crippen LogP contribution in [0.15, 0.2) is 77.7 Å². The number of alkyl halides is 3. The van der Waals surface area contributed by atoms with Crippen molar-refractivity contribution in [2.75, 3.05) is 5.32 Å². The predicted molar refractivity (Wildman–Crippen MR) is 118 cm³/mol. The SMILES string of the molecule is Cc1ccc(S(=O)(=O)N2Cc3ccccc3CC2C(=O)Nc2cccc(C(F)(F)F)c2)cc1. The lowest BCUT2D eigenvalue weighted by molar-refractivity contribution is -0.137. The van der Waals surface area contributed by atoms with Gasteiger partial charge >= 0.3 is 6.18 Å². The molecule has 9 heteroatoms. The molecular weight excluding hydrogens is 453 g/mol. The van der Waals surface area contributed by atoms with Gasteiger partial charge in [-0.25, -0.2) is 8.42 Å². The molecule has 0 radical (unpaired) electrons. The van der Waals surface area contributed by atoms with Crippen LogP contribution in [0.3, 0.4) is 0 Å². The van der Waals surface area contributed by atoms with Gasteiger partial charge in [0, 0.05) is 12.2 Å². The highest BCUT2D eigenvalue weighted by atomic mass is 32.2. The van der Waals surface area contributed by atoms with E-state index in [2.05, 4.69) is 5.32 Å². The maximum absolute atomic E-state index is 13.5. The zero-order valence-electron chi connectivity index (χ0n) is 17.6. The molecule has 1 amide bonds. The minimum atomic E-state index is -4.56. The van der Waals surface area contributed by atoms with Crippen molar-refractivity contribution in [1.29, 1.82) is 0 Å². The summed E-state index contributed by atoms with van der Waals surface area (Å²) in [6, 6.07) is 16.6. The molecule has 172 valence electrons. The topological polar surface area (TPSA) is 66.5 Å². The van der Waals surface area contributed by atoms with Crippen molar-refractivity contribution in [1.82, 2.24) is 4.31 Å². The van der Waals surface area contributed by atoms with E-state index in [4.69, 9.17) is 0 Å². The van der Waals surface area contributed by atoms with E-state index >= 15 is 0 Å². The minimum Gasteiger partial charge on any atom is -0.325 e. The molecule has 0 fully saturated rings. The standard InChI is InChI=1S/C24H21F3N2O3S/c1-16-9-11-21(12-10-16)33(31,32)29-15-18-6-3-2-5-17(18)13-22(29)23(30)28-20-8-4-7-19(14-20)24(25,26)27/h2-12,14,22H,13,15H2,1H3,(H,28,30). The highest BCUT2D eigenvalue weighted by molar-refractivity contribution is 7.89. The highest BCUT2D eigenvalue weighted by Crippen LogP contribution is 2.32. The number of hydrogen-bond donors (Lipinski definition) is 1. The van der Waals surface area contributed by atoms with Crippen LogP contribution in [-0.2, 0) is 34.0 Å². The van der Waals surface area contributed by atoms with Crippen LogP contribution >= 0.6 is 0 Å². The van der Waals surface area contributed by atoms with Gasteiger partial charge in [0.1, 0.15) is 6.04 Å². The number of nitrogens with zero attached hydrogens (tertiary/aromatic N) is 1. The van der Waals surface area contributed by atoms with Crippen molar-refractivity contribution in [3.63, 3.8) is 0 Å². The quantitative estimate of drug-likeness (QED) is 0.593. The number of anilines is 1. The number of benzene rings is 3. The normalized spacial score (nSPS) is 16.8. The number of amides is 1. The smallest absolute Gasteiger partial charge is 0.325 e. The van der Waals surface area contributed by atoms with E-state index in [0.717, 1.165) is 33.1 Å². The average Bonchev–Trinajstić information content (AvgIpc) is 2.78. The first-order valence-corrected chi connectivity index (χ1v) is 11.6. The number of carbonyl (C=O) groups is 1. The predicted octanol–water partition coefficient (Wildman–Crippen LogP) is 4.77. The van der Waals surface area contributed by atoms with E-state index in [-0.39, 0.29) is 23.5 Å². The van der Waals surface area contributed by atoms with Gasteiger partial charge in [-0.05, 0) is 54.8 Å². The number of sulfonamides is 1. The molecule has 0 bridgehead atoms. The summed E-state index contributed by atoms with van der Waals surface area (Å²) in [4.78, 5) is 13.2. The third-order valence-corrected chi connectivity index (χ3v) is 7.46. The fourth-order valence-corrected chi connectivity index (χ4v) is 5.38. The first-order chi connectivity index (χ1) is 15.6. The second kappa shape index (κ2) is 8.64. The molecule has 3 aromatic carbocycles. The second-order valence-electron chi connectivity index (χ2n) is 7.92. The van der Waals surface area contributed by atoms with E-state index in [1.165, 1.54) is 24.3 Å². The summed E-state index contributed by atoms with van der Waals surface area (Å²) in [5.74, 6) is -0.695. The molecule has 0 spiro atoms. The third-order valence-electron chi connectivity index (χ3n) is 5.59. The molecule has 3 aromatic rings. The van der Waals surface area contributed by atoms with Gasteiger partial charge < -0.3 is 5.32 Å². The Hall–Kier alpha value is -3.17. The molecule has 0 aliphatic carbocycles. The summed E-state index contributed by atoms with van der Waals surface area (Å²) in [7, 11) is -4.05. The molecule has 1 atom stereocenters. The van der Waals surface area contributed by atoms with Crippen molar-refractivity contribution < 1.29 is 26.4 Å². The summed E-state index contributed by atoms with van der Waals surface area (Å²) in [5.41, 5.74) is 1.52. The molecule has 0 aromatic heterocycles. The van der Waals surface area contributed by atoms with Crippen molar-refractivity contribution >= 4 is 21.6 Å². The van der Waals surface area contributed by atoms with E-state index < -0.39 is 33.7 Å². The van der Waals surface area contributed by atoms with E-state index in [0.29, 0.717) is 0 Å². The third kappa shape index (κ3) is 4.79. The van der Waals surface area contributed by atoms with Crippen LogP contribution in [0.5, 0.6) is 0 Å². The second-order valence-corrected chi connectivity index (χ2v) is 9.81. The zero-order chi connectivity index (χ0) is 23.8.